The van der Waals surface area contributed by atoms with Crippen LogP contribution in [0.5, 0.6) is 0 Å². The van der Waals surface area contributed by atoms with E-state index in [1.807, 2.05) is 0 Å². The fourth-order valence-corrected chi connectivity index (χ4v) is 2.19. The molecule has 0 fully saturated rings. The van der Waals surface area contributed by atoms with E-state index in [1.54, 1.807) is 18.3 Å². The summed E-state index contributed by atoms with van der Waals surface area (Å²) < 4.78 is 0. The zero-order chi connectivity index (χ0) is 19.4. The van der Waals surface area contributed by atoms with Crippen molar-refractivity contribution in [1.82, 2.24) is 20.9 Å². The Labute approximate surface area is 152 Å². The smallest absolute Gasteiger partial charge is 0.312 e. The van der Waals surface area contributed by atoms with E-state index < -0.39 is 11.9 Å². The van der Waals surface area contributed by atoms with Gasteiger partial charge in [0.2, 0.25) is 5.91 Å². The highest BCUT2D eigenvalue weighted by atomic mass is 16.4. The highest BCUT2D eigenvalue weighted by Gasteiger charge is 2.20. The molecule has 0 spiro atoms. The fourth-order valence-electron chi connectivity index (χ4n) is 2.19. The Balaban J connectivity index is 2.25. The fraction of sp³-hybridized carbons (Fsp3) is 0.412. The monoisotopic (exact) mass is 362 g/mol. The molecule has 0 saturated carbocycles. The molecule has 1 aromatic heterocycles. The molecule has 142 valence electrons. The lowest BCUT2D eigenvalue weighted by Gasteiger charge is -2.14. The molecule has 0 aliphatic heterocycles. The van der Waals surface area contributed by atoms with Gasteiger partial charge in [-0.2, -0.15) is 0 Å². The van der Waals surface area contributed by atoms with Crippen LogP contribution in [-0.2, 0) is 9.59 Å². The predicted octanol–water partition coefficient (Wildman–Crippen LogP) is 0.123. The largest absolute Gasteiger partial charge is 0.481 e. The predicted molar refractivity (Wildman–Crippen MR) is 98.5 cm³/mol. The van der Waals surface area contributed by atoms with Crippen molar-refractivity contribution in [2.24, 2.45) is 5.73 Å². The van der Waals surface area contributed by atoms with Gasteiger partial charge in [-0.15, -0.1) is 0 Å². The summed E-state index contributed by atoms with van der Waals surface area (Å²) in [5, 5.41) is 24.6. The summed E-state index contributed by atoms with van der Waals surface area (Å²) in [5.41, 5.74) is 6.44. The number of amides is 1. The number of allylic oxidation sites excluding steroid dienone is 1. The molecule has 1 amide bonds. The van der Waals surface area contributed by atoms with Gasteiger partial charge in [0.1, 0.15) is 5.92 Å². The lowest BCUT2D eigenvalue weighted by molar-refractivity contribution is -0.138. The van der Waals surface area contributed by atoms with Crippen LogP contribution in [0.25, 0.3) is 0 Å². The number of unbranched alkanes of at least 4 members (excludes halogenated alkanes) is 1. The van der Waals surface area contributed by atoms with Crippen molar-refractivity contribution in [3.05, 3.63) is 42.4 Å². The second kappa shape index (κ2) is 11.5. The number of carboxylic acid groups (broad SMARTS) is 1. The maximum absolute atomic E-state index is 11.9. The molecule has 0 bridgehead atoms. The number of aromatic nitrogens is 1. The van der Waals surface area contributed by atoms with Gasteiger partial charge in [-0.25, -0.2) is 0 Å². The van der Waals surface area contributed by atoms with Crippen LogP contribution < -0.4 is 21.7 Å². The normalized spacial score (nSPS) is 11.2. The van der Waals surface area contributed by atoms with Crippen molar-refractivity contribution < 1.29 is 14.7 Å². The summed E-state index contributed by atoms with van der Waals surface area (Å²) in [6.45, 7) is 4.49. The first kappa shape index (κ1) is 20.9. The Bertz CT molecular complexity index is 620. The summed E-state index contributed by atoms with van der Waals surface area (Å²) in [4.78, 5) is 27.1. The third-order valence-electron chi connectivity index (χ3n) is 3.61. The van der Waals surface area contributed by atoms with Crippen LogP contribution in [0.3, 0.4) is 0 Å². The van der Waals surface area contributed by atoms with Gasteiger partial charge in [-0.1, -0.05) is 12.6 Å². The zero-order valence-corrected chi connectivity index (χ0v) is 14.6. The van der Waals surface area contributed by atoms with Gasteiger partial charge in [0.05, 0.1) is 6.54 Å². The van der Waals surface area contributed by atoms with Crippen molar-refractivity contribution in [3.63, 3.8) is 0 Å². The molecule has 1 heterocycles. The Morgan fingerprint density at radius 1 is 1.31 bits per heavy atom. The van der Waals surface area contributed by atoms with Crippen LogP contribution in [-0.4, -0.2) is 47.6 Å². The molecule has 1 unspecified atom stereocenters. The third-order valence-corrected chi connectivity index (χ3v) is 3.61. The van der Waals surface area contributed by atoms with E-state index in [0.717, 1.165) is 18.5 Å². The van der Waals surface area contributed by atoms with Crippen LogP contribution in [0.4, 0.5) is 0 Å². The number of guanidine groups is 1. The molecule has 0 aromatic carbocycles. The molecule has 9 nitrogen and oxygen atoms in total. The molecule has 0 aliphatic rings. The molecule has 0 saturated heterocycles. The summed E-state index contributed by atoms with van der Waals surface area (Å²) in [6.07, 6.45) is 5.41. The van der Waals surface area contributed by atoms with Gasteiger partial charge >= 0.3 is 5.97 Å². The molecule has 7 N–H and O–H groups in total. The minimum Gasteiger partial charge on any atom is -0.481 e. The molecule has 9 heteroatoms. The minimum atomic E-state index is -1.02. The highest BCUT2D eigenvalue weighted by Crippen LogP contribution is 2.13. The van der Waals surface area contributed by atoms with Crippen molar-refractivity contribution in [2.45, 2.75) is 25.2 Å². The first-order chi connectivity index (χ1) is 12.4. The Morgan fingerprint density at radius 3 is 2.69 bits per heavy atom. The SMILES string of the molecule is C=C(CCCCNC(=N)N)NCC(=O)NCC(C(=O)O)c1cccnc1. The first-order valence-electron chi connectivity index (χ1n) is 8.29. The number of pyridine rings is 1. The summed E-state index contributed by atoms with van der Waals surface area (Å²) in [5.74, 6) is -2.22. The number of aliphatic carboxylic acids is 1. The van der Waals surface area contributed by atoms with Crippen molar-refractivity contribution in [3.8, 4) is 0 Å². The van der Waals surface area contributed by atoms with Gasteiger partial charge < -0.3 is 26.8 Å². The Morgan fingerprint density at radius 2 is 2.08 bits per heavy atom. The van der Waals surface area contributed by atoms with Crippen molar-refractivity contribution in [1.29, 1.82) is 5.41 Å². The molecular formula is C17H26N6O3. The third kappa shape index (κ3) is 8.67. The van der Waals surface area contributed by atoms with E-state index in [-0.39, 0.29) is 25.0 Å². The molecule has 0 aliphatic carbocycles. The molecule has 1 rings (SSSR count). The van der Waals surface area contributed by atoms with Crippen LogP contribution in [0, 0.1) is 5.41 Å². The van der Waals surface area contributed by atoms with E-state index in [1.165, 1.54) is 6.20 Å². The number of carboxylic acids is 1. The quantitative estimate of drug-likeness (QED) is 0.175. The topological polar surface area (TPSA) is 153 Å². The minimum absolute atomic E-state index is 0.00919. The van der Waals surface area contributed by atoms with Crippen LogP contribution in [0.15, 0.2) is 36.8 Å². The second-order valence-electron chi connectivity index (χ2n) is 5.74. The maximum atomic E-state index is 11.9. The van der Waals surface area contributed by atoms with E-state index in [2.05, 4.69) is 27.5 Å². The summed E-state index contributed by atoms with van der Waals surface area (Å²) >= 11 is 0. The van der Waals surface area contributed by atoms with Crippen LogP contribution >= 0.6 is 0 Å². The lowest BCUT2D eigenvalue weighted by atomic mass is 10.0. The first-order valence-corrected chi connectivity index (χ1v) is 8.29. The molecule has 1 atom stereocenters. The maximum Gasteiger partial charge on any atom is 0.312 e. The van der Waals surface area contributed by atoms with E-state index >= 15 is 0 Å². The van der Waals surface area contributed by atoms with Gasteiger partial charge in [0.15, 0.2) is 5.96 Å². The standard InChI is InChI=1S/C17H26N6O3/c1-12(5-2-3-8-21-17(18)19)22-11-15(24)23-10-14(16(25)26)13-6-4-7-20-9-13/h4,6-7,9,14,22H,1-3,5,8,10-11H2,(H,23,24)(H,25,26)(H4,18,19,21). The highest BCUT2D eigenvalue weighted by molar-refractivity contribution is 5.81. The number of nitrogens with one attached hydrogen (secondary N) is 4. The Hall–Kier alpha value is -3.10. The number of carbonyl (C=O) groups excluding carboxylic acids is 1. The number of rotatable bonds is 12. The number of hydrogen-bond acceptors (Lipinski definition) is 5. The zero-order valence-electron chi connectivity index (χ0n) is 14.6. The van der Waals surface area contributed by atoms with Gasteiger partial charge in [0, 0.05) is 31.2 Å². The number of hydrogen-bond donors (Lipinski definition) is 6. The van der Waals surface area contributed by atoms with E-state index in [0.29, 0.717) is 18.5 Å². The summed E-state index contributed by atoms with van der Waals surface area (Å²) in [6, 6.07) is 3.32. The van der Waals surface area contributed by atoms with Crippen LogP contribution in [0.2, 0.25) is 0 Å². The average Bonchev–Trinajstić information content (AvgIpc) is 2.60. The number of nitrogens with zero attached hydrogens (tertiary/aromatic N) is 1. The lowest BCUT2D eigenvalue weighted by Crippen LogP contribution is -2.37. The van der Waals surface area contributed by atoms with E-state index in [9.17, 15) is 14.7 Å². The van der Waals surface area contributed by atoms with Crippen molar-refractivity contribution in [2.75, 3.05) is 19.6 Å². The second-order valence-corrected chi connectivity index (χ2v) is 5.74. The molecular weight excluding hydrogens is 336 g/mol. The molecule has 0 radical (unpaired) electrons. The van der Waals surface area contributed by atoms with Crippen molar-refractivity contribution >= 4 is 17.8 Å². The molecule has 1 aromatic rings. The molecule has 26 heavy (non-hydrogen) atoms. The van der Waals surface area contributed by atoms with Gasteiger partial charge in [-0.3, -0.25) is 20.0 Å². The van der Waals surface area contributed by atoms with Crippen LogP contribution in [0.1, 0.15) is 30.7 Å². The van der Waals surface area contributed by atoms with E-state index in [4.69, 9.17) is 11.1 Å². The summed E-state index contributed by atoms with van der Waals surface area (Å²) in [7, 11) is 0. The number of carbonyl (C=O) groups is 2. The Kier molecular flexibility index (Phi) is 9.23. The van der Waals surface area contributed by atoms with Gasteiger partial charge in [-0.05, 0) is 30.9 Å². The average molecular weight is 362 g/mol. The van der Waals surface area contributed by atoms with Gasteiger partial charge in [0.25, 0.3) is 0 Å². The number of nitrogens with two attached hydrogens (primary N) is 1.